The van der Waals surface area contributed by atoms with E-state index in [1.165, 1.54) is 11.8 Å². The van der Waals surface area contributed by atoms with Crippen molar-refractivity contribution < 1.29 is 0 Å². The molecular formula is C10H7N7S. The molecule has 0 bridgehead atoms. The van der Waals surface area contributed by atoms with E-state index in [1.807, 2.05) is 30.5 Å². The average molecular weight is 257 g/mol. The van der Waals surface area contributed by atoms with Crippen molar-refractivity contribution in [2.24, 2.45) is 0 Å². The van der Waals surface area contributed by atoms with E-state index in [1.54, 1.807) is 9.03 Å². The molecule has 0 N–H and O–H groups in total. The lowest BCUT2D eigenvalue weighted by molar-refractivity contribution is 0.816. The van der Waals surface area contributed by atoms with Crippen LogP contribution in [0.15, 0.2) is 29.4 Å². The molecule has 0 spiro atoms. The zero-order chi connectivity index (χ0) is 12.1. The molecule has 0 aliphatic heterocycles. The summed E-state index contributed by atoms with van der Waals surface area (Å²) in [6, 6.07) is 7.87. The number of tetrazole rings is 1. The van der Waals surface area contributed by atoms with Gasteiger partial charge in [-0.05, 0) is 28.8 Å². The Kier molecular flexibility index (Phi) is 1.84. The molecule has 88 valence electrons. The van der Waals surface area contributed by atoms with Crippen molar-refractivity contribution in [2.45, 2.75) is 5.16 Å². The first kappa shape index (κ1) is 9.77. The van der Waals surface area contributed by atoms with E-state index < -0.39 is 0 Å². The first-order valence-corrected chi connectivity index (χ1v) is 6.50. The second-order valence-electron chi connectivity index (χ2n) is 3.74. The third kappa shape index (κ3) is 1.12. The molecular weight excluding hydrogens is 250 g/mol. The highest BCUT2D eigenvalue weighted by atomic mass is 32.2. The lowest BCUT2D eigenvalue weighted by Gasteiger charge is -2.00. The Morgan fingerprint density at radius 2 is 2.06 bits per heavy atom. The molecule has 18 heavy (non-hydrogen) atoms. The van der Waals surface area contributed by atoms with E-state index in [0.29, 0.717) is 16.6 Å². The molecule has 3 heterocycles. The van der Waals surface area contributed by atoms with Crippen LogP contribution in [-0.2, 0) is 0 Å². The van der Waals surface area contributed by atoms with E-state index >= 15 is 0 Å². The van der Waals surface area contributed by atoms with Gasteiger partial charge in [0.1, 0.15) is 0 Å². The minimum absolute atomic E-state index is 0.623. The van der Waals surface area contributed by atoms with Gasteiger partial charge in [-0.3, -0.25) is 0 Å². The van der Waals surface area contributed by atoms with Crippen LogP contribution in [0.4, 0.5) is 0 Å². The highest BCUT2D eigenvalue weighted by Crippen LogP contribution is 2.21. The highest BCUT2D eigenvalue weighted by molar-refractivity contribution is 7.98. The summed E-state index contributed by atoms with van der Waals surface area (Å²) in [4.78, 5) is 4.42. The summed E-state index contributed by atoms with van der Waals surface area (Å²) in [5.74, 6) is 0.623. The Labute approximate surface area is 105 Å². The van der Waals surface area contributed by atoms with Crippen LogP contribution >= 0.6 is 11.8 Å². The van der Waals surface area contributed by atoms with E-state index in [9.17, 15) is 0 Å². The van der Waals surface area contributed by atoms with Crippen LogP contribution in [0.2, 0.25) is 0 Å². The maximum Gasteiger partial charge on any atom is 0.258 e. The Morgan fingerprint density at radius 3 is 2.94 bits per heavy atom. The molecule has 0 atom stereocenters. The largest absolute Gasteiger partial charge is 0.258 e. The molecule has 0 saturated heterocycles. The average Bonchev–Trinajstić information content (AvgIpc) is 3.05. The predicted molar refractivity (Wildman–Crippen MR) is 66.6 cm³/mol. The van der Waals surface area contributed by atoms with Gasteiger partial charge in [0.05, 0.1) is 5.52 Å². The molecule has 3 aromatic heterocycles. The number of thioether (sulfide) groups is 1. The molecule has 0 saturated carbocycles. The number of para-hydroxylation sites is 1. The summed E-state index contributed by atoms with van der Waals surface area (Å²) in [5, 5.41) is 17.8. The topological polar surface area (TPSA) is 73.3 Å². The minimum atomic E-state index is 0.623. The number of fused-ring (bicyclic) bond motifs is 6. The van der Waals surface area contributed by atoms with Gasteiger partial charge < -0.3 is 0 Å². The van der Waals surface area contributed by atoms with Gasteiger partial charge in [-0.15, -0.1) is 10.2 Å². The standard InChI is InChI=1S/C10H7N7S/c1-18-9-11-10-16(13-9)7-5-3-2-4-6(7)8-12-14-15-17(8)10/h2-5H,1H3. The third-order valence-electron chi connectivity index (χ3n) is 2.79. The van der Waals surface area contributed by atoms with Crippen LogP contribution < -0.4 is 0 Å². The first-order valence-electron chi connectivity index (χ1n) is 5.28. The number of hydrogen-bond acceptors (Lipinski definition) is 6. The van der Waals surface area contributed by atoms with Crippen LogP contribution in [0.25, 0.3) is 22.3 Å². The van der Waals surface area contributed by atoms with Crippen molar-refractivity contribution in [3.63, 3.8) is 0 Å². The lowest BCUT2D eigenvalue weighted by atomic mass is 10.2. The monoisotopic (exact) mass is 257 g/mol. The lowest BCUT2D eigenvalue weighted by Crippen LogP contribution is -2.00. The Morgan fingerprint density at radius 1 is 1.17 bits per heavy atom. The van der Waals surface area contributed by atoms with E-state index in [0.717, 1.165) is 10.9 Å². The van der Waals surface area contributed by atoms with Gasteiger partial charge in [0, 0.05) is 5.39 Å². The molecule has 7 nitrogen and oxygen atoms in total. The Hall–Kier alpha value is -2.22. The summed E-state index contributed by atoms with van der Waals surface area (Å²) in [5.41, 5.74) is 1.64. The van der Waals surface area contributed by atoms with Crippen molar-refractivity contribution >= 4 is 34.1 Å². The minimum Gasteiger partial charge on any atom is -0.195 e. The Balaban J connectivity index is 2.37. The van der Waals surface area contributed by atoms with Gasteiger partial charge in [-0.2, -0.15) is 14.0 Å². The van der Waals surface area contributed by atoms with E-state index in [2.05, 4.69) is 25.6 Å². The predicted octanol–water partition coefficient (Wildman–Crippen LogP) is 1.04. The summed E-state index contributed by atoms with van der Waals surface area (Å²) in [6.45, 7) is 0. The molecule has 4 aromatic rings. The van der Waals surface area contributed by atoms with Crippen LogP contribution in [0.5, 0.6) is 0 Å². The van der Waals surface area contributed by atoms with Crippen molar-refractivity contribution in [3.05, 3.63) is 24.3 Å². The summed E-state index contributed by atoms with van der Waals surface area (Å²) >= 11 is 1.49. The number of nitrogens with zero attached hydrogens (tertiary/aromatic N) is 7. The SMILES string of the molecule is CSc1nc2n(n1)c1ccccc1c1nnnn12. The molecule has 8 heteroatoms. The van der Waals surface area contributed by atoms with Gasteiger partial charge in [-0.1, -0.05) is 23.9 Å². The molecule has 1 aromatic carbocycles. The fraction of sp³-hybridized carbons (Fsp3) is 0.100. The fourth-order valence-electron chi connectivity index (χ4n) is 2.01. The maximum atomic E-state index is 4.44. The molecule has 0 fully saturated rings. The first-order chi connectivity index (χ1) is 8.88. The van der Waals surface area contributed by atoms with Gasteiger partial charge in [0.2, 0.25) is 5.16 Å². The van der Waals surface area contributed by atoms with Gasteiger partial charge in [0.25, 0.3) is 5.78 Å². The van der Waals surface area contributed by atoms with Crippen molar-refractivity contribution in [3.8, 4) is 0 Å². The number of benzene rings is 1. The van der Waals surface area contributed by atoms with E-state index in [4.69, 9.17) is 0 Å². The van der Waals surface area contributed by atoms with Gasteiger partial charge in [0.15, 0.2) is 5.65 Å². The van der Waals surface area contributed by atoms with Crippen LogP contribution in [0, 0.1) is 0 Å². The normalized spacial score (nSPS) is 11.8. The van der Waals surface area contributed by atoms with Gasteiger partial charge in [-0.25, -0.2) is 0 Å². The molecule has 0 aliphatic carbocycles. The molecule has 0 unspecified atom stereocenters. The fourth-order valence-corrected chi connectivity index (χ4v) is 2.34. The molecule has 4 rings (SSSR count). The maximum absolute atomic E-state index is 4.44. The smallest absolute Gasteiger partial charge is 0.195 e. The summed E-state index contributed by atoms with van der Waals surface area (Å²) < 4.78 is 3.37. The van der Waals surface area contributed by atoms with Gasteiger partial charge >= 0.3 is 0 Å². The third-order valence-corrected chi connectivity index (χ3v) is 3.32. The summed E-state index contributed by atoms with van der Waals surface area (Å²) in [7, 11) is 0. The van der Waals surface area contributed by atoms with Crippen LogP contribution in [0.3, 0.4) is 0 Å². The highest BCUT2D eigenvalue weighted by Gasteiger charge is 2.14. The van der Waals surface area contributed by atoms with Crippen molar-refractivity contribution in [1.82, 2.24) is 34.6 Å². The zero-order valence-electron chi connectivity index (χ0n) is 9.35. The van der Waals surface area contributed by atoms with Crippen molar-refractivity contribution in [2.75, 3.05) is 6.26 Å². The molecule has 0 radical (unpaired) electrons. The number of aromatic nitrogens is 7. The summed E-state index contributed by atoms with van der Waals surface area (Å²) in [6.07, 6.45) is 1.94. The zero-order valence-corrected chi connectivity index (χ0v) is 10.2. The van der Waals surface area contributed by atoms with Crippen LogP contribution in [0.1, 0.15) is 0 Å². The van der Waals surface area contributed by atoms with E-state index in [-0.39, 0.29) is 0 Å². The Bertz CT molecular complexity index is 878. The second kappa shape index (κ2) is 3.39. The molecule has 0 amide bonds. The second-order valence-corrected chi connectivity index (χ2v) is 4.52. The van der Waals surface area contributed by atoms with Crippen molar-refractivity contribution in [1.29, 1.82) is 0 Å². The number of hydrogen-bond donors (Lipinski definition) is 0. The quantitative estimate of drug-likeness (QED) is 0.474. The number of rotatable bonds is 1. The van der Waals surface area contributed by atoms with Crippen LogP contribution in [-0.4, -0.2) is 40.9 Å². The molecule has 0 aliphatic rings.